The molecule has 0 aromatic heterocycles. The lowest BCUT2D eigenvalue weighted by Crippen LogP contribution is -2.24. The smallest absolute Gasteiger partial charge is 0.202 e. The highest BCUT2D eigenvalue weighted by Gasteiger charge is 2.18. The first-order valence-corrected chi connectivity index (χ1v) is 6.26. The van der Waals surface area contributed by atoms with Gasteiger partial charge in [0.25, 0.3) is 0 Å². The summed E-state index contributed by atoms with van der Waals surface area (Å²) in [7, 11) is 0. The van der Waals surface area contributed by atoms with Crippen LogP contribution in [0.1, 0.15) is 17.3 Å². The van der Waals surface area contributed by atoms with Crippen LogP contribution in [0.15, 0.2) is 42.5 Å². The van der Waals surface area contributed by atoms with E-state index in [9.17, 15) is 13.6 Å². The van der Waals surface area contributed by atoms with Crippen molar-refractivity contribution in [3.8, 4) is 5.75 Å². The highest BCUT2D eigenvalue weighted by Crippen LogP contribution is 2.21. The lowest BCUT2D eigenvalue weighted by atomic mass is 10.1. The summed E-state index contributed by atoms with van der Waals surface area (Å²) in [6.07, 6.45) is -0.938. The topological polar surface area (TPSA) is 26.3 Å². The average Bonchev–Trinajstić information content (AvgIpc) is 2.43. The van der Waals surface area contributed by atoms with Crippen LogP contribution in [0.3, 0.4) is 0 Å². The molecule has 0 radical (unpaired) electrons. The second kappa shape index (κ2) is 6.01. The minimum atomic E-state index is -0.938. The van der Waals surface area contributed by atoms with E-state index in [1.807, 2.05) is 0 Å². The summed E-state index contributed by atoms with van der Waals surface area (Å²) in [6.45, 7) is 1.47. The molecule has 0 fully saturated rings. The van der Waals surface area contributed by atoms with Crippen molar-refractivity contribution >= 4 is 17.4 Å². The maximum atomic E-state index is 13.4. The van der Waals surface area contributed by atoms with Gasteiger partial charge in [-0.2, -0.15) is 0 Å². The van der Waals surface area contributed by atoms with E-state index in [0.29, 0.717) is 10.6 Å². The van der Waals surface area contributed by atoms with Gasteiger partial charge in [-0.3, -0.25) is 4.79 Å². The molecule has 0 N–H and O–H groups in total. The summed E-state index contributed by atoms with van der Waals surface area (Å²) < 4.78 is 31.6. The predicted octanol–water partition coefficient (Wildman–Crippen LogP) is 4.27. The molecule has 0 aliphatic carbocycles. The highest BCUT2D eigenvalue weighted by atomic mass is 35.5. The zero-order valence-corrected chi connectivity index (χ0v) is 11.3. The molecule has 0 bridgehead atoms. The Morgan fingerprint density at radius 3 is 2.45 bits per heavy atom. The van der Waals surface area contributed by atoms with Crippen LogP contribution >= 0.6 is 11.6 Å². The van der Waals surface area contributed by atoms with Gasteiger partial charge >= 0.3 is 0 Å². The zero-order valence-electron chi connectivity index (χ0n) is 10.6. The molecule has 2 nitrogen and oxygen atoms in total. The molecular formula is C15H11ClF2O2. The number of benzene rings is 2. The Labute approximate surface area is 119 Å². The van der Waals surface area contributed by atoms with Crippen molar-refractivity contribution in [3.05, 3.63) is 64.7 Å². The molecule has 20 heavy (non-hydrogen) atoms. The Balaban J connectivity index is 2.15. The summed E-state index contributed by atoms with van der Waals surface area (Å²) in [5.74, 6) is -1.99. The van der Waals surface area contributed by atoms with E-state index in [1.165, 1.54) is 6.92 Å². The van der Waals surface area contributed by atoms with E-state index in [1.54, 1.807) is 24.3 Å². The van der Waals surface area contributed by atoms with Gasteiger partial charge in [0.05, 0.1) is 0 Å². The third-order valence-corrected chi connectivity index (χ3v) is 2.95. The van der Waals surface area contributed by atoms with Gasteiger partial charge in [-0.05, 0) is 43.3 Å². The number of hydrogen-bond donors (Lipinski definition) is 0. The Bertz CT molecular complexity index is 626. The fourth-order valence-corrected chi connectivity index (χ4v) is 1.79. The van der Waals surface area contributed by atoms with Gasteiger partial charge in [-0.1, -0.05) is 11.6 Å². The monoisotopic (exact) mass is 296 g/mol. The van der Waals surface area contributed by atoms with Crippen LogP contribution in [0.5, 0.6) is 5.75 Å². The Hall–Kier alpha value is -1.94. The van der Waals surface area contributed by atoms with Gasteiger partial charge in [-0.25, -0.2) is 8.78 Å². The molecule has 0 saturated heterocycles. The largest absolute Gasteiger partial charge is 0.479 e. The zero-order chi connectivity index (χ0) is 14.7. The van der Waals surface area contributed by atoms with E-state index >= 15 is 0 Å². The van der Waals surface area contributed by atoms with Crippen LogP contribution in [-0.2, 0) is 0 Å². The number of Topliss-reactive ketones (excluding diaryl/α,β-unsaturated/α-hetero) is 1. The normalized spacial score (nSPS) is 12.0. The molecule has 0 heterocycles. The second-order valence-electron chi connectivity index (χ2n) is 4.21. The summed E-state index contributed by atoms with van der Waals surface area (Å²) in [4.78, 5) is 12.1. The van der Waals surface area contributed by atoms with Crippen molar-refractivity contribution < 1.29 is 18.3 Å². The fraction of sp³-hybridized carbons (Fsp3) is 0.133. The molecule has 0 aliphatic heterocycles. The summed E-state index contributed by atoms with van der Waals surface area (Å²) in [5.41, 5.74) is 0.388. The molecular weight excluding hydrogens is 286 g/mol. The van der Waals surface area contributed by atoms with E-state index in [4.69, 9.17) is 16.3 Å². The predicted molar refractivity (Wildman–Crippen MR) is 72.2 cm³/mol. The van der Waals surface area contributed by atoms with Crippen molar-refractivity contribution in [2.45, 2.75) is 13.0 Å². The van der Waals surface area contributed by atoms with Gasteiger partial charge in [0.1, 0.15) is 5.82 Å². The van der Waals surface area contributed by atoms with Crippen molar-refractivity contribution in [2.75, 3.05) is 0 Å². The fourth-order valence-electron chi connectivity index (χ4n) is 1.66. The number of rotatable bonds is 4. The number of carbonyl (C=O) groups is 1. The molecule has 2 aromatic rings. The van der Waals surface area contributed by atoms with Crippen LogP contribution in [0.2, 0.25) is 5.02 Å². The van der Waals surface area contributed by atoms with Gasteiger partial charge < -0.3 is 4.74 Å². The molecule has 0 amide bonds. The van der Waals surface area contributed by atoms with Gasteiger partial charge in [0.2, 0.25) is 5.78 Å². The molecule has 1 unspecified atom stereocenters. The molecule has 2 rings (SSSR count). The van der Waals surface area contributed by atoms with Gasteiger partial charge in [0, 0.05) is 16.7 Å². The molecule has 0 saturated carbocycles. The maximum Gasteiger partial charge on any atom is 0.202 e. The third kappa shape index (κ3) is 3.33. The first-order chi connectivity index (χ1) is 9.47. The Morgan fingerprint density at radius 2 is 1.80 bits per heavy atom. The van der Waals surface area contributed by atoms with E-state index in [2.05, 4.69) is 0 Å². The quantitative estimate of drug-likeness (QED) is 0.788. The van der Waals surface area contributed by atoms with Crippen molar-refractivity contribution in [3.63, 3.8) is 0 Å². The van der Waals surface area contributed by atoms with Crippen molar-refractivity contribution in [2.24, 2.45) is 0 Å². The van der Waals surface area contributed by atoms with E-state index in [0.717, 1.165) is 18.2 Å². The number of hydrogen-bond acceptors (Lipinski definition) is 2. The molecule has 5 heteroatoms. The summed E-state index contributed by atoms with van der Waals surface area (Å²) in [5, 5.41) is 0.506. The van der Waals surface area contributed by atoms with Crippen molar-refractivity contribution in [1.82, 2.24) is 0 Å². The van der Waals surface area contributed by atoms with E-state index in [-0.39, 0.29) is 11.5 Å². The number of carbonyl (C=O) groups excluding carboxylic acids is 1. The number of ether oxygens (including phenoxy) is 1. The molecule has 104 valence electrons. The SMILES string of the molecule is CC(Oc1cc(F)ccc1F)C(=O)c1ccc(Cl)cc1. The molecule has 0 spiro atoms. The van der Waals surface area contributed by atoms with Gasteiger partial charge in [0.15, 0.2) is 17.7 Å². The van der Waals surface area contributed by atoms with Crippen LogP contribution in [0.25, 0.3) is 0 Å². The third-order valence-electron chi connectivity index (χ3n) is 2.69. The minimum absolute atomic E-state index is 0.292. The highest BCUT2D eigenvalue weighted by molar-refractivity contribution is 6.30. The van der Waals surface area contributed by atoms with Crippen LogP contribution < -0.4 is 4.74 Å². The van der Waals surface area contributed by atoms with Crippen molar-refractivity contribution in [1.29, 1.82) is 0 Å². The standard InChI is InChI=1S/C15H11ClF2O2/c1-9(15(19)10-2-4-11(16)5-3-10)20-14-8-12(17)6-7-13(14)18/h2-9H,1H3. The number of halogens is 3. The minimum Gasteiger partial charge on any atom is -0.479 e. The Kier molecular flexibility index (Phi) is 4.35. The first-order valence-electron chi connectivity index (χ1n) is 5.89. The maximum absolute atomic E-state index is 13.4. The molecule has 0 aliphatic rings. The second-order valence-corrected chi connectivity index (χ2v) is 4.64. The summed E-state index contributed by atoms with van der Waals surface area (Å²) in [6, 6.07) is 9.08. The van der Waals surface area contributed by atoms with E-state index < -0.39 is 17.7 Å². The summed E-state index contributed by atoms with van der Waals surface area (Å²) >= 11 is 5.73. The van der Waals surface area contributed by atoms with Crippen LogP contribution in [0, 0.1) is 11.6 Å². The average molecular weight is 297 g/mol. The van der Waals surface area contributed by atoms with Gasteiger partial charge in [-0.15, -0.1) is 0 Å². The molecule has 2 aromatic carbocycles. The molecule has 1 atom stereocenters. The number of ketones is 1. The Morgan fingerprint density at radius 1 is 1.15 bits per heavy atom. The first kappa shape index (κ1) is 14.5. The van der Waals surface area contributed by atoms with Crippen LogP contribution in [0.4, 0.5) is 8.78 Å². The lowest BCUT2D eigenvalue weighted by molar-refractivity contribution is 0.0811. The lowest BCUT2D eigenvalue weighted by Gasteiger charge is -2.14. The van der Waals surface area contributed by atoms with Crippen LogP contribution in [-0.4, -0.2) is 11.9 Å².